The van der Waals surface area contributed by atoms with Crippen molar-refractivity contribution in [2.75, 3.05) is 16.5 Å². The molecule has 0 spiro atoms. The van der Waals surface area contributed by atoms with E-state index >= 15 is 0 Å². The molecule has 0 atom stereocenters. The molecule has 0 bridgehead atoms. The first-order valence-electron chi connectivity index (χ1n) is 27.5. The average Bonchev–Trinajstić information content (AvgIpc) is 4.19. The summed E-state index contributed by atoms with van der Waals surface area (Å²) in [6.45, 7) is 11.9. The van der Waals surface area contributed by atoms with Crippen LogP contribution in [-0.4, -0.2) is 24.3 Å². The fourth-order valence-electron chi connectivity index (χ4n) is 11.2. The third kappa shape index (κ3) is 8.59. The van der Waals surface area contributed by atoms with E-state index in [1.807, 2.05) is 42.5 Å². The van der Waals surface area contributed by atoms with Crippen molar-refractivity contribution in [2.45, 2.75) is 59.2 Å². The van der Waals surface area contributed by atoms with Gasteiger partial charge in [-0.25, -0.2) is 4.98 Å². The molecule has 368 valence electrons. The summed E-state index contributed by atoms with van der Waals surface area (Å²) in [6.07, 6.45) is 1.75. The molecule has 6 heteroatoms. The van der Waals surface area contributed by atoms with Gasteiger partial charge in [0.2, 0.25) is 0 Å². The summed E-state index contributed by atoms with van der Waals surface area (Å²) in [5, 5.41) is 6.89. The number of ether oxygens (including phenoxy) is 1. The molecule has 75 heavy (non-hydrogen) atoms. The summed E-state index contributed by atoms with van der Waals surface area (Å²) in [5.74, 6) is 1.85. The van der Waals surface area contributed by atoms with E-state index in [4.69, 9.17) is 13.8 Å². The number of aromatic nitrogens is 2. The lowest BCUT2D eigenvalue weighted by Crippen LogP contribution is -2.74. The SMILES string of the molecule is [2H]C([2H])([2H])c1cc(-n2c3ccccc3c3ccc(Oc4cccc(N5CN(c6cc(C(C)(C)C)cc(C(C)(C)C)c6)c6ccccc65)c4)cc32)ncc1-c1cccc([Si](c2ccccc2)(c2ccccc2)c2ccccc2)c1. The molecule has 0 amide bonds. The minimum atomic E-state index is -2.91. The molecule has 0 radical (unpaired) electrons. The van der Waals surface area contributed by atoms with E-state index in [2.05, 4.69) is 238 Å². The molecule has 0 N–H and O–H groups in total. The van der Waals surface area contributed by atoms with Crippen LogP contribution >= 0.6 is 0 Å². The van der Waals surface area contributed by atoms with Gasteiger partial charge in [-0.05, 0) is 121 Å². The Bertz CT molecular complexity index is 3880. The highest BCUT2D eigenvalue weighted by Gasteiger charge is 2.41. The second kappa shape index (κ2) is 18.8. The van der Waals surface area contributed by atoms with E-state index in [1.54, 1.807) is 12.3 Å². The zero-order valence-electron chi connectivity index (χ0n) is 46.4. The Hall–Kier alpha value is -8.45. The highest BCUT2D eigenvalue weighted by molar-refractivity contribution is 7.19. The maximum absolute atomic E-state index is 9.07. The van der Waals surface area contributed by atoms with Crippen molar-refractivity contribution in [3.05, 3.63) is 253 Å². The molecule has 0 saturated carbocycles. The van der Waals surface area contributed by atoms with Crippen LogP contribution in [0.3, 0.4) is 0 Å². The Balaban J connectivity index is 0.918. The largest absolute Gasteiger partial charge is 0.457 e. The summed E-state index contributed by atoms with van der Waals surface area (Å²) in [6, 6.07) is 80.9. The van der Waals surface area contributed by atoms with Crippen molar-refractivity contribution in [1.29, 1.82) is 0 Å². The van der Waals surface area contributed by atoms with E-state index < -0.39 is 14.9 Å². The summed E-state index contributed by atoms with van der Waals surface area (Å²) < 4.78 is 36.1. The van der Waals surface area contributed by atoms with Gasteiger partial charge in [0, 0.05) is 50.2 Å². The molecular formula is C69H62N4OSi. The molecular weight excluding hydrogens is 929 g/mol. The highest BCUT2D eigenvalue weighted by Crippen LogP contribution is 2.47. The van der Waals surface area contributed by atoms with Crippen LogP contribution in [0.25, 0.3) is 38.8 Å². The van der Waals surface area contributed by atoms with Crippen molar-refractivity contribution in [2.24, 2.45) is 0 Å². The molecule has 12 rings (SSSR count). The van der Waals surface area contributed by atoms with Gasteiger partial charge in [-0.2, -0.15) is 0 Å². The predicted molar refractivity (Wildman–Crippen MR) is 318 cm³/mol. The Morgan fingerprint density at radius 2 is 1.01 bits per heavy atom. The lowest BCUT2D eigenvalue weighted by molar-refractivity contribution is 0.483. The number of benzene rings is 9. The number of rotatable bonds is 10. The van der Waals surface area contributed by atoms with E-state index in [0.717, 1.165) is 49.6 Å². The van der Waals surface area contributed by atoms with Crippen LogP contribution in [0.4, 0.5) is 22.7 Å². The fraction of sp³-hybridized carbons (Fsp3) is 0.145. The summed E-state index contributed by atoms with van der Waals surface area (Å²) in [4.78, 5) is 9.94. The molecule has 5 nitrogen and oxygen atoms in total. The van der Waals surface area contributed by atoms with Crippen molar-refractivity contribution in [3.63, 3.8) is 0 Å². The first-order valence-corrected chi connectivity index (χ1v) is 28.0. The standard InChI is InChI=1S/C69H62N4OSi/c1-48-39-67(70-46-62(48)49-23-21-32-59(40-49)75(56-26-11-8-12-27-56,57-28-13-9-14-29-57)58-30-15-10-16-31-58)73-63-34-18-17-33-60(63)61-38-37-55(45-66(61)73)74-54-25-22-24-52(44-54)71-47-72(65-36-20-19-35-64(65)71)53-42-50(68(2,3)4)41-51(43-53)69(5,6)7/h8-46H,47H2,1-7H3/i1D3. The Morgan fingerprint density at radius 3 is 1.64 bits per heavy atom. The van der Waals surface area contributed by atoms with E-state index in [-0.39, 0.29) is 16.4 Å². The highest BCUT2D eigenvalue weighted by atomic mass is 28.3. The lowest BCUT2D eigenvalue weighted by Gasteiger charge is -2.34. The second-order valence-electron chi connectivity index (χ2n) is 21.9. The van der Waals surface area contributed by atoms with Gasteiger partial charge in [0.1, 0.15) is 24.0 Å². The number of anilines is 4. The lowest BCUT2D eigenvalue weighted by atomic mass is 9.80. The third-order valence-corrected chi connectivity index (χ3v) is 19.8. The quantitative estimate of drug-likeness (QED) is 0.101. The normalized spacial score (nSPS) is 13.7. The maximum atomic E-state index is 9.07. The van der Waals surface area contributed by atoms with Crippen molar-refractivity contribution < 1.29 is 8.85 Å². The first-order chi connectivity index (χ1) is 37.6. The molecule has 2 aromatic heterocycles. The van der Waals surface area contributed by atoms with Gasteiger partial charge in [0.15, 0.2) is 8.07 Å². The van der Waals surface area contributed by atoms with Gasteiger partial charge in [-0.1, -0.05) is 199 Å². The van der Waals surface area contributed by atoms with Gasteiger partial charge in [-0.15, -0.1) is 0 Å². The van der Waals surface area contributed by atoms with Crippen LogP contribution in [0.1, 0.15) is 62.3 Å². The van der Waals surface area contributed by atoms with Crippen LogP contribution in [-0.2, 0) is 10.8 Å². The number of hydrogen-bond donors (Lipinski definition) is 0. The van der Waals surface area contributed by atoms with Crippen LogP contribution in [0.2, 0.25) is 0 Å². The van der Waals surface area contributed by atoms with Gasteiger partial charge in [0.05, 0.1) is 22.4 Å². The number of pyridine rings is 1. The van der Waals surface area contributed by atoms with E-state index in [0.29, 0.717) is 29.5 Å². The monoisotopic (exact) mass is 993 g/mol. The van der Waals surface area contributed by atoms with Crippen molar-refractivity contribution in [1.82, 2.24) is 9.55 Å². The molecule has 0 fully saturated rings. The zero-order valence-corrected chi connectivity index (χ0v) is 44.4. The molecule has 1 aliphatic heterocycles. The average molecular weight is 994 g/mol. The van der Waals surface area contributed by atoms with Crippen LogP contribution in [0.15, 0.2) is 237 Å². The fourth-order valence-corrected chi connectivity index (χ4v) is 16.0. The summed E-state index contributed by atoms with van der Waals surface area (Å²) in [7, 11) is -2.91. The minimum absolute atomic E-state index is 0.0152. The van der Waals surface area contributed by atoms with E-state index in [9.17, 15) is 0 Å². The molecule has 9 aromatic carbocycles. The molecule has 3 heterocycles. The number of aryl methyl sites for hydroxylation is 1. The zero-order chi connectivity index (χ0) is 54.0. The van der Waals surface area contributed by atoms with Gasteiger partial charge in [-0.3, -0.25) is 4.57 Å². The van der Waals surface area contributed by atoms with Gasteiger partial charge >= 0.3 is 0 Å². The number of nitrogens with zero attached hydrogens (tertiary/aromatic N) is 4. The molecule has 1 aliphatic rings. The Labute approximate surface area is 447 Å². The topological polar surface area (TPSA) is 33.5 Å². The minimum Gasteiger partial charge on any atom is -0.457 e. The molecule has 11 aromatic rings. The van der Waals surface area contributed by atoms with Gasteiger partial charge < -0.3 is 14.5 Å². The van der Waals surface area contributed by atoms with Gasteiger partial charge in [0.25, 0.3) is 0 Å². The van der Waals surface area contributed by atoms with Crippen LogP contribution < -0.4 is 35.3 Å². The molecule has 0 saturated heterocycles. The van der Waals surface area contributed by atoms with E-state index in [1.165, 1.54) is 32.4 Å². The van der Waals surface area contributed by atoms with Crippen LogP contribution in [0.5, 0.6) is 11.5 Å². The second-order valence-corrected chi connectivity index (χ2v) is 25.7. The van der Waals surface area contributed by atoms with Crippen molar-refractivity contribution >= 4 is 73.4 Å². The number of hydrogen-bond acceptors (Lipinski definition) is 4. The summed E-state index contributed by atoms with van der Waals surface area (Å²) >= 11 is 0. The smallest absolute Gasteiger partial charge is 0.179 e. The first kappa shape index (κ1) is 44.1. The Kier molecular flexibility index (Phi) is 11.0. The van der Waals surface area contributed by atoms with Crippen LogP contribution in [0, 0.1) is 6.85 Å². The molecule has 0 unspecified atom stereocenters. The number of fused-ring (bicyclic) bond motifs is 4. The molecule has 0 aliphatic carbocycles. The Morgan fingerprint density at radius 1 is 0.467 bits per heavy atom. The summed E-state index contributed by atoms with van der Waals surface area (Å²) in [5.41, 5.74) is 10.4. The maximum Gasteiger partial charge on any atom is 0.179 e. The third-order valence-electron chi connectivity index (χ3n) is 15.1. The number of para-hydroxylation sites is 3. The predicted octanol–water partition coefficient (Wildman–Crippen LogP) is 15.2. The van der Waals surface area contributed by atoms with Crippen molar-refractivity contribution in [3.8, 4) is 28.4 Å².